The normalized spacial score (nSPS) is 18.2. The van der Waals surface area contributed by atoms with Gasteiger partial charge in [0.15, 0.2) is 0 Å². The SMILES string of the molecule is COCCCN1CC(C=O)c2ccc(F)cc21. The van der Waals surface area contributed by atoms with Crippen LogP contribution in [-0.4, -0.2) is 33.1 Å². The van der Waals surface area contributed by atoms with Gasteiger partial charge in [-0.1, -0.05) is 6.07 Å². The minimum absolute atomic E-state index is 0.131. The van der Waals surface area contributed by atoms with E-state index in [0.29, 0.717) is 13.2 Å². The van der Waals surface area contributed by atoms with E-state index in [1.54, 1.807) is 13.2 Å². The highest BCUT2D eigenvalue weighted by atomic mass is 19.1. The molecule has 0 amide bonds. The number of fused-ring (bicyclic) bond motifs is 1. The van der Waals surface area contributed by atoms with Crippen LogP contribution in [0.5, 0.6) is 0 Å². The zero-order chi connectivity index (χ0) is 12.3. The molecule has 0 aromatic heterocycles. The van der Waals surface area contributed by atoms with Crippen molar-refractivity contribution in [1.29, 1.82) is 0 Å². The molecule has 92 valence electrons. The third-order valence-corrected chi connectivity index (χ3v) is 3.09. The van der Waals surface area contributed by atoms with Crippen LogP contribution in [-0.2, 0) is 9.53 Å². The Balaban J connectivity index is 2.16. The van der Waals surface area contributed by atoms with Crippen LogP contribution < -0.4 is 4.90 Å². The van der Waals surface area contributed by atoms with E-state index in [2.05, 4.69) is 4.90 Å². The first-order valence-electron chi connectivity index (χ1n) is 5.75. The van der Waals surface area contributed by atoms with Gasteiger partial charge in [-0.3, -0.25) is 0 Å². The van der Waals surface area contributed by atoms with E-state index >= 15 is 0 Å². The standard InChI is InChI=1S/C13H16FNO2/c1-17-6-2-5-15-8-10(9-16)12-4-3-11(14)7-13(12)15/h3-4,7,9-10H,2,5-6,8H2,1H3. The van der Waals surface area contributed by atoms with Crippen LogP contribution in [0.4, 0.5) is 10.1 Å². The molecule has 2 rings (SSSR count). The Morgan fingerprint density at radius 3 is 3.12 bits per heavy atom. The van der Waals surface area contributed by atoms with Crippen molar-refractivity contribution in [1.82, 2.24) is 0 Å². The number of hydrogen-bond donors (Lipinski definition) is 0. The van der Waals surface area contributed by atoms with E-state index in [4.69, 9.17) is 4.74 Å². The first-order chi connectivity index (χ1) is 8.26. The monoisotopic (exact) mass is 237 g/mol. The van der Waals surface area contributed by atoms with Gasteiger partial charge in [0.1, 0.15) is 12.1 Å². The fourth-order valence-electron chi connectivity index (χ4n) is 2.27. The Kier molecular flexibility index (Phi) is 3.74. The summed E-state index contributed by atoms with van der Waals surface area (Å²) in [5.74, 6) is -0.389. The van der Waals surface area contributed by atoms with Gasteiger partial charge in [-0.05, 0) is 24.1 Å². The zero-order valence-electron chi connectivity index (χ0n) is 9.86. The summed E-state index contributed by atoms with van der Waals surface area (Å²) in [5.41, 5.74) is 1.78. The molecule has 0 saturated heterocycles. The maximum absolute atomic E-state index is 13.2. The molecule has 0 N–H and O–H groups in total. The fourth-order valence-corrected chi connectivity index (χ4v) is 2.27. The van der Waals surface area contributed by atoms with Crippen LogP contribution in [0.25, 0.3) is 0 Å². The molecule has 0 aliphatic carbocycles. The van der Waals surface area contributed by atoms with Gasteiger partial charge in [-0.15, -0.1) is 0 Å². The highest BCUT2D eigenvalue weighted by molar-refractivity contribution is 5.74. The minimum Gasteiger partial charge on any atom is -0.385 e. The van der Waals surface area contributed by atoms with Crippen LogP contribution in [0.2, 0.25) is 0 Å². The Morgan fingerprint density at radius 1 is 1.59 bits per heavy atom. The van der Waals surface area contributed by atoms with Crippen molar-refractivity contribution in [3.8, 4) is 0 Å². The average Bonchev–Trinajstić information content (AvgIpc) is 2.67. The molecule has 0 bridgehead atoms. The van der Waals surface area contributed by atoms with E-state index in [9.17, 15) is 9.18 Å². The highest BCUT2D eigenvalue weighted by Crippen LogP contribution is 2.35. The third kappa shape index (κ3) is 2.47. The smallest absolute Gasteiger partial charge is 0.129 e. The molecule has 1 aliphatic heterocycles. The number of aldehydes is 1. The minimum atomic E-state index is -0.257. The van der Waals surface area contributed by atoms with Crippen molar-refractivity contribution in [3.05, 3.63) is 29.6 Å². The molecule has 1 heterocycles. The summed E-state index contributed by atoms with van der Waals surface area (Å²) in [6.45, 7) is 2.10. The Hall–Kier alpha value is -1.42. The summed E-state index contributed by atoms with van der Waals surface area (Å²) in [5, 5.41) is 0. The average molecular weight is 237 g/mol. The fraction of sp³-hybridized carbons (Fsp3) is 0.462. The van der Waals surface area contributed by atoms with E-state index in [0.717, 1.165) is 30.5 Å². The molecule has 0 saturated carbocycles. The number of nitrogens with zero attached hydrogens (tertiary/aromatic N) is 1. The van der Waals surface area contributed by atoms with Crippen molar-refractivity contribution < 1.29 is 13.9 Å². The predicted molar refractivity (Wildman–Crippen MR) is 63.9 cm³/mol. The molecule has 3 nitrogen and oxygen atoms in total. The molecule has 17 heavy (non-hydrogen) atoms. The summed E-state index contributed by atoms with van der Waals surface area (Å²) in [4.78, 5) is 13.0. The van der Waals surface area contributed by atoms with E-state index < -0.39 is 0 Å². The second-order valence-electron chi connectivity index (χ2n) is 4.24. The van der Waals surface area contributed by atoms with Crippen molar-refractivity contribution in [2.75, 3.05) is 31.7 Å². The molecule has 1 aromatic carbocycles. The molecule has 1 aliphatic rings. The molecular formula is C13H16FNO2. The number of halogens is 1. The van der Waals surface area contributed by atoms with Crippen molar-refractivity contribution in [2.24, 2.45) is 0 Å². The Morgan fingerprint density at radius 2 is 2.41 bits per heavy atom. The Bertz CT molecular complexity index is 408. The number of carbonyl (C=O) groups excluding carboxylic acids is 1. The molecule has 1 atom stereocenters. The second-order valence-corrected chi connectivity index (χ2v) is 4.24. The van der Waals surface area contributed by atoms with Crippen LogP contribution >= 0.6 is 0 Å². The van der Waals surface area contributed by atoms with Crippen LogP contribution in [0.15, 0.2) is 18.2 Å². The number of benzene rings is 1. The third-order valence-electron chi connectivity index (χ3n) is 3.09. The highest BCUT2D eigenvalue weighted by Gasteiger charge is 2.28. The molecule has 0 fully saturated rings. The lowest BCUT2D eigenvalue weighted by molar-refractivity contribution is -0.108. The maximum Gasteiger partial charge on any atom is 0.129 e. The number of hydrogen-bond acceptors (Lipinski definition) is 3. The van der Waals surface area contributed by atoms with Gasteiger partial charge in [-0.2, -0.15) is 0 Å². The summed E-state index contributed by atoms with van der Waals surface area (Å²) in [6.07, 6.45) is 1.81. The molecule has 1 unspecified atom stereocenters. The molecule has 1 aromatic rings. The van der Waals surface area contributed by atoms with Gasteiger partial charge in [0.05, 0.1) is 5.92 Å². The van der Waals surface area contributed by atoms with Gasteiger partial charge in [0.2, 0.25) is 0 Å². The molecular weight excluding hydrogens is 221 g/mol. The largest absolute Gasteiger partial charge is 0.385 e. The molecule has 0 radical (unpaired) electrons. The van der Waals surface area contributed by atoms with E-state index in [1.807, 2.05) is 0 Å². The van der Waals surface area contributed by atoms with Gasteiger partial charge in [-0.25, -0.2) is 4.39 Å². The number of rotatable bonds is 5. The van der Waals surface area contributed by atoms with Crippen molar-refractivity contribution in [3.63, 3.8) is 0 Å². The first kappa shape index (κ1) is 12.0. The van der Waals surface area contributed by atoms with Crippen molar-refractivity contribution in [2.45, 2.75) is 12.3 Å². The number of ether oxygens (including phenoxy) is 1. The van der Waals surface area contributed by atoms with Gasteiger partial charge in [0, 0.05) is 32.5 Å². The number of carbonyl (C=O) groups is 1. The van der Waals surface area contributed by atoms with Gasteiger partial charge < -0.3 is 14.4 Å². The summed E-state index contributed by atoms with van der Waals surface area (Å²) < 4.78 is 18.2. The van der Waals surface area contributed by atoms with Crippen molar-refractivity contribution >= 4 is 12.0 Å². The van der Waals surface area contributed by atoms with E-state index in [-0.39, 0.29) is 11.7 Å². The van der Waals surface area contributed by atoms with Gasteiger partial charge >= 0.3 is 0 Å². The lowest BCUT2D eigenvalue weighted by atomic mass is 10.0. The van der Waals surface area contributed by atoms with Gasteiger partial charge in [0.25, 0.3) is 0 Å². The number of anilines is 1. The maximum atomic E-state index is 13.2. The second kappa shape index (κ2) is 5.27. The summed E-state index contributed by atoms with van der Waals surface area (Å²) in [6, 6.07) is 4.62. The zero-order valence-corrected chi connectivity index (χ0v) is 9.86. The molecule has 4 heteroatoms. The Labute approximate surface area is 100 Å². The van der Waals surface area contributed by atoms with E-state index in [1.165, 1.54) is 12.1 Å². The first-order valence-corrected chi connectivity index (χ1v) is 5.75. The van der Waals surface area contributed by atoms with Crippen LogP contribution in [0.1, 0.15) is 17.9 Å². The van der Waals surface area contributed by atoms with Crippen LogP contribution in [0.3, 0.4) is 0 Å². The lowest BCUT2D eigenvalue weighted by Crippen LogP contribution is -2.24. The quantitative estimate of drug-likeness (QED) is 0.579. The summed E-state index contributed by atoms with van der Waals surface area (Å²) in [7, 11) is 1.66. The lowest BCUT2D eigenvalue weighted by Gasteiger charge is -2.19. The summed E-state index contributed by atoms with van der Waals surface area (Å²) >= 11 is 0. The topological polar surface area (TPSA) is 29.5 Å². The predicted octanol–water partition coefficient (Wildman–Crippen LogP) is 1.96. The van der Waals surface area contributed by atoms with Crippen LogP contribution in [0, 0.1) is 5.82 Å². The molecule has 0 spiro atoms. The number of methoxy groups -OCH3 is 1.